The smallest absolute Gasteiger partial charge is 0.297 e. The first-order chi connectivity index (χ1) is 11.6. The fourth-order valence-corrected chi connectivity index (χ4v) is 3.05. The van der Waals surface area contributed by atoms with E-state index < -0.39 is 11.7 Å². The number of hydrogen-bond donors (Lipinski definition) is 1. The number of nitrogens with zero attached hydrogens (tertiary/aromatic N) is 2. The molecule has 0 unspecified atom stereocenters. The first kappa shape index (κ1) is 14.4. The van der Waals surface area contributed by atoms with Crippen LogP contribution in [0.3, 0.4) is 0 Å². The molecule has 0 spiro atoms. The molecule has 0 saturated carbocycles. The van der Waals surface area contributed by atoms with Crippen molar-refractivity contribution in [3.05, 3.63) is 60.3 Å². The zero-order valence-electron chi connectivity index (χ0n) is 13.1. The predicted molar refractivity (Wildman–Crippen MR) is 92.9 cm³/mol. The van der Waals surface area contributed by atoms with Crippen LogP contribution in [-0.4, -0.2) is 41.0 Å². The van der Waals surface area contributed by atoms with Gasteiger partial charge in [0.1, 0.15) is 12.4 Å². The number of likely N-dealkylation sites (N-methyl/N-ethyl adjacent to an activating group) is 1. The Bertz CT molecular complexity index is 1000. The third kappa shape index (κ3) is 2.22. The highest BCUT2D eigenvalue weighted by molar-refractivity contribution is 6.42. The Kier molecular flexibility index (Phi) is 3.27. The largest absolute Gasteiger partial charge is 0.361 e. The number of carbonyl (C=O) groups is 2. The molecule has 0 aliphatic carbocycles. The van der Waals surface area contributed by atoms with Gasteiger partial charge in [-0.3, -0.25) is 19.5 Å². The third-order valence-electron chi connectivity index (χ3n) is 4.26. The highest BCUT2D eigenvalue weighted by Crippen LogP contribution is 2.29. The van der Waals surface area contributed by atoms with E-state index in [0.717, 1.165) is 27.6 Å². The van der Waals surface area contributed by atoms with Crippen LogP contribution in [0.1, 0.15) is 5.56 Å². The molecule has 5 nitrogen and oxygen atoms in total. The van der Waals surface area contributed by atoms with Crippen LogP contribution in [0, 0.1) is 0 Å². The number of nitrogens with one attached hydrogen (secondary N) is 1. The molecule has 1 aliphatic rings. The molecule has 2 aromatic carbocycles. The van der Waals surface area contributed by atoms with Gasteiger partial charge in [-0.1, -0.05) is 30.3 Å². The molecule has 0 radical (unpaired) electrons. The van der Waals surface area contributed by atoms with E-state index >= 15 is 0 Å². The number of amidine groups is 1. The zero-order valence-corrected chi connectivity index (χ0v) is 13.1. The van der Waals surface area contributed by atoms with Crippen LogP contribution in [0.5, 0.6) is 0 Å². The molecular weight excluding hydrogens is 302 g/mol. The van der Waals surface area contributed by atoms with E-state index in [2.05, 4.69) is 16.0 Å². The van der Waals surface area contributed by atoms with Gasteiger partial charge in [-0.15, -0.1) is 0 Å². The van der Waals surface area contributed by atoms with Crippen molar-refractivity contribution in [1.82, 2.24) is 9.88 Å². The summed E-state index contributed by atoms with van der Waals surface area (Å²) in [5.41, 5.74) is 4.05. The predicted octanol–water partition coefficient (Wildman–Crippen LogP) is 2.62. The summed E-state index contributed by atoms with van der Waals surface area (Å²) in [5.74, 6) is -0.463. The third-order valence-corrected chi connectivity index (χ3v) is 4.26. The Morgan fingerprint density at radius 2 is 1.83 bits per heavy atom. The molecule has 0 bridgehead atoms. The second-order valence-electron chi connectivity index (χ2n) is 5.75. The van der Waals surface area contributed by atoms with Gasteiger partial charge in [-0.25, -0.2) is 0 Å². The molecule has 2 heterocycles. The maximum Gasteiger partial charge on any atom is 0.297 e. The van der Waals surface area contributed by atoms with Crippen molar-refractivity contribution in [2.45, 2.75) is 0 Å². The normalized spacial score (nSPS) is 15.0. The number of ketones is 1. The SMILES string of the molecule is CN1C(=O)C(=O)CN=C1c1cccc(-c2cccc3[nH]ccc23)c1. The minimum atomic E-state index is -0.516. The average Bonchev–Trinajstić information content (AvgIpc) is 3.08. The second-order valence-corrected chi connectivity index (χ2v) is 5.75. The molecular formula is C19H15N3O2. The van der Waals surface area contributed by atoms with E-state index in [1.54, 1.807) is 7.05 Å². The first-order valence-corrected chi connectivity index (χ1v) is 7.67. The molecule has 0 saturated heterocycles. The summed E-state index contributed by atoms with van der Waals surface area (Å²) in [6, 6.07) is 16.0. The van der Waals surface area contributed by atoms with Crippen LogP contribution in [-0.2, 0) is 9.59 Å². The highest BCUT2D eigenvalue weighted by Gasteiger charge is 2.27. The summed E-state index contributed by atoms with van der Waals surface area (Å²) in [4.78, 5) is 32.2. The molecule has 1 aliphatic heterocycles. The number of aromatic nitrogens is 1. The van der Waals surface area contributed by atoms with E-state index in [1.807, 2.05) is 48.7 Å². The minimum Gasteiger partial charge on any atom is -0.361 e. The highest BCUT2D eigenvalue weighted by atomic mass is 16.2. The maximum atomic E-state index is 11.9. The average molecular weight is 317 g/mol. The Morgan fingerprint density at radius 1 is 1.04 bits per heavy atom. The van der Waals surface area contributed by atoms with Gasteiger partial charge in [0.2, 0.25) is 5.78 Å². The Morgan fingerprint density at radius 3 is 2.71 bits per heavy atom. The van der Waals surface area contributed by atoms with Crippen molar-refractivity contribution in [2.24, 2.45) is 4.99 Å². The van der Waals surface area contributed by atoms with Gasteiger partial charge >= 0.3 is 0 Å². The molecule has 1 amide bonds. The van der Waals surface area contributed by atoms with Crippen LogP contribution in [0.15, 0.2) is 59.7 Å². The van der Waals surface area contributed by atoms with Crippen molar-refractivity contribution in [3.8, 4) is 11.1 Å². The summed E-state index contributed by atoms with van der Waals surface area (Å²) in [6.07, 6.45) is 1.92. The minimum absolute atomic E-state index is 0.0872. The molecule has 0 fully saturated rings. The number of hydrogen-bond acceptors (Lipinski definition) is 3. The lowest BCUT2D eigenvalue weighted by atomic mass is 9.99. The van der Waals surface area contributed by atoms with Gasteiger partial charge < -0.3 is 4.98 Å². The number of H-pyrrole nitrogens is 1. The van der Waals surface area contributed by atoms with E-state index in [9.17, 15) is 9.59 Å². The fourth-order valence-electron chi connectivity index (χ4n) is 3.05. The molecule has 1 aromatic heterocycles. The quantitative estimate of drug-likeness (QED) is 0.738. The number of fused-ring (bicyclic) bond motifs is 1. The first-order valence-electron chi connectivity index (χ1n) is 7.67. The summed E-state index contributed by atoms with van der Waals surface area (Å²) in [6.45, 7) is -0.0872. The van der Waals surface area contributed by atoms with E-state index in [0.29, 0.717) is 5.84 Å². The van der Waals surface area contributed by atoms with Crippen LogP contribution >= 0.6 is 0 Å². The zero-order chi connectivity index (χ0) is 16.7. The summed E-state index contributed by atoms with van der Waals surface area (Å²) in [7, 11) is 1.58. The van der Waals surface area contributed by atoms with E-state index in [-0.39, 0.29) is 6.54 Å². The van der Waals surface area contributed by atoms with Gasteiger partial charge in [0.05, 0.1) is 0 Å². The van der Waals surface area contributed by atoms with Gasteiger partial charge in [-0.05, 0) is 29.3 Å². The summed E-state index contributed by atoms with van der Waals surface area (Å²) >= 11 is 0. The maximum absolute atomic E-state index is 11.9. The topological polar surface area (TPSA) is 65.5 Å². The van der Waals surface area contributed by atoms with Gasteiger partial charge in [0, 0.05) is 29.7 Å². The van der Waals surface area contributed by atoms with Crippen LogP contribution in [0.25, 0.3) is 22.0 Å². The van der Waals surface area contributed by atoms with Crippen molar-refractivity contribution in [1.29, 1.82) is 0 Å². The number of rotatable bonds is 2. The molecule has 5 heteroatoms. The van der Waals surface area contributed by atoms with Crippen molar-refractivity contribution >= 4 is 28.4 Å². The molecule has 4 rings (SSSR count). The lowest BCUT2D eigenvalue weighted by Crippen LogP contribution is -2.43. The molecule has 3 aromatic rings. The fraction of sp³-hybridized carbons (Fsp3) is 0.105. The van der Waals surface area contributed by atoms with Gasteiger partial charge in [0.15, 0.2) is 0 Å². The van der Waals surface area contributed by atoms with Gasteiger partial charge in [0.25, 0.3) is 5.91 Å². The molecule has 0 atom stereocenters. The number of aromatic amines is 1. The number of carbonyl (C=O) groups excluding carboxylic acids is 2. The summed E-state index contributed by atoms with van der Waals surface area (Å²) in [5, 5.41) is 1.14. The van der Waals surface area contributed by atoms with Crippen molar-refractivity contribution in [2.75, 3.05) is 13.6 Å². The molecule has 1 N–H and O–H groups in total. The number of benzene rings is 2. The standard InChI is InChI=1S/C19H15N3O2/c1-22-18(21-11-17(23)19(22)24)13-5-2-4-12(10-13)14-6-3-7-16-15(14)8-9-20-16/h2-10,20H,11H2,1H3. The Balaban J connectivity index is 1.82. The lowest BCUT2D eigenvalue weighted by molar-refractivity contribution is -0.141. The summed E-state index contributed by atoms with van der Waals surface area (Å²) < 4.78 is 0. The molecule has 118 valence electrons. The number of aliphatic imine (C=N–C) groups is 1. The van der Waals surface area contributed by atoms with Gasteiger partial charge in [-0.2, -0.15) is 0 Å². The van der Waals surface area contributed by atoms with Crippen LogP contribution in [0.4, 0.5) is 0 Å². The lowest BCUT2D eigenvalue weighted by Gasteiger charge is -2.22. The Labute approximate surface area is 138 Å². The van der Waals surface area contributed by atoms with E-state index in [4.69, 9.17) is 0 Å². The van der Waals surface area contributed by atoms with Crippen molar-refractivity contribution < 1.29 is 9.59 Å². The second kappa shape index (κ2) is 5.45. The Hall–Kier alpha value is -3.21. The van der Waals surface area contributed by atoms with Crippen molar-refractivity contribution in [3.63, 3.8) is 0 Å². The van der Waals surface area contributed by atoms with E-state index in [1.165, 1.54) is 4.90 Å². The monoisotopic (exact) mass is 317 g/mol. The number of Topliss-reactive ketones (excluding diaryl/α,β-unsaturated/α-hetero) is 1. The molecule has 24 heavy (non-hydrogen) atoms. The number of amides is 1. The van der Waals surface area contributed by atoms with Crippen LogP contribution < -0.4 is 0 Å². The van der Waals surface area contributed by atoms with Crippen LogP contribution in [0.2, 0.25) is 0 Å².